The van der Waals surface area contributed by atoms with Crippen molar-refractivity contribution in [2.75, 3.05) is 14.1 Å². The summed E-state index contributed by atoms with van der Waals surface area (Å²) in [6.07, 6.45) is 0. The van der Waals surface area contributed by atoms with E-state index in [0.717, 1.165) is 0 Å². The zero-order valence-electron chi connectivity index (χ0n) is 4.51. The van der Waals surface area contributed by atoms with Crippen LogP contribution in [0.15, 0.2) is 0 Å². The van der Waals surface area contributed by atoms with Crippen LogP contribution in [0.4, 0.5) is 0 Å². The molecule has 0 aromatic carbocycles. The molecule has 0 N–H and O–H groups in total. The van der Waals surface area contributed by atoms with Gasteiger partial charge in [0.2, 0.25) is 0 Å². The van der Waals surface area contributed by atoms with Crippen molar-refractivity contribution >= 4 is 66.9 Å². The topological polar surface area (TPSA) is 3.24 Å². The van der Waals surface area contributed by atoms with Gasteiger partial charge in [0.25, 0.3) is 0 Å². The largest absolute Gasteiger partial charge is 0.364 e. The molecule has 0 aliphatic heterocycles. The smallest absolute Gasteiger partial charge is 0.132 e. The van der Waals surface area contributed by atoms with E-state index in [9.17, 15) is 0 Å². The number of thiocarbonyl (C=S) groups is 1. The summed E-state index contributed by atoms with van der Waals surface area (Å²) in [6, 6.07) is 0. The minimum Gasteiger partial charge on any atom is -0.364 e. The van der Waals surface area contributed by atoms with Gasteiger partial charge in [-0.3, -0.25) is 0 Å². The summed E-state index contributed by atoms with van der Waals surface area (Å²) in [5.74, 6) is 0. The molecular formula is C3H7CaNS2. The Balaban J connectivity index is 0. The van der Waals surface area contributed by atoms with Gasteiger partial charge < -0.3 is 4.90 Å². The van der Waals surface area contributed by atoms with Gasteiger partial charge in [-0.15, -0.1) is 12.6 Å². The second kappa shape index (κ2) is 5.63. The van der Waals surface area contributed by atoms with Crippen molar-refractivity contribution in [2.24, 2.45) is 0 Å². The fourth-order valence-electron chi connectivity index (χ4n) is 0. The molecule has 0 aliphatic rings. The fraction of sp³-hybridized carbons (Fsp3) is 0.667. The quantitative estimate of drug-likeness (QED) is 0.311. The van der Waals surface area contributed by atoms with Crippen LogP contribution in [0.2, 0.25) is 0 Å². The van der Waals surface area contributed by atoms with Crippen LogP contribution >= 0.6 is 24.8 Å². The average molecular weight is 161 g/mol. The van der Waals surface area contributed by atoms with Crippen LogP contribution in [0.1, 0.15) is 0 Å². The monoisotopic (exact) mass is 161 g/mol. The second-order valence-electron chi connectivity index (χ2n) is 1.18. The molecule has 0 atom stereocenters. The minimum atomic E-state index is 0. The van der Waals surface area contributed by atoms with E-state index in [0.29, 0.717) is 4.32 Å². The SMILES string of the molecule is CN(C)C(=S)S.[Ca]. The molecule has 38 valence electrons. The fourth-order valence-corrected chi connectivity index (χ4v) is 0. The van der Waals surface area contributed by atoms with E-state index in [1.807, 2.05) is 14.1 Å². The molecule has 0 heterocycles. The summed E-state index contributed by atoms with van der Waals surface area (Å²) in [5, 5.41) is 0. The van der Waals surface area contributed by atoms with Gasteiger partial charge in [-0.2, -0.15) is 0 Å². The van der Waals surface area contributed by atoms with Crippen LogP contribution in [0.25, 0.3) is 0 Å². The summed E-state index contributed by atoms with van der Waals surface area (Å²) in [7, 11) is 3.71. The molecule has 1 nitrogen and oxygen atoms in total. The van der Waals surface area contributed by atoms with Gasteiger partial charge in [0.05, 0.1) is 0 Å². The summed E-state index contributed by atoms with van der Waals surface area (Å²) >= 11 is 8.46. The molecule has 0 aliphatic carbocycles. The first kappa shape index (κ1) is 11.3. The molecule has 0 aromatic heterocycles. The van der Waals surface area contributed by atoms with Gasteiger partial charge in [-0.05, 0) is 0 Å². The molecule has 0 saturated carbocycles. The van der Waals surface area contributed by atoms with Gasteiger partial charge in [0.1, 0.15) is 4.32 Å². The first-order valence-electron chi connectivity index (χ1n) is 1.55. The maximum atomic E-state index is 4.61. The molecule has 0 amide bonds. The number of hydrogen-bond acceptors (Lipinski definition) is 1. The van der Waals surface area contributed by atoms with Crippen LogP contribution in [0.5, 0.6) is 0 Å². The van der Waals surface area contributed by atoms with Crippen molar-refractivity contribution in [3.8, 4) is 0 Å². The normalized spacial score (nSPS) is 6.71. The van der Waals surface area contributed by atoms with E-state index < -0.39 is 0 Å². The Morgan fingerprint density at radius 3 is 1.71 bits per heavy atom. The minimum absolute atomic E-state index is 0. The van der Waals surface area contributed by atoms with Crippen LogP contribution in [-0.4, -0.2) is 61.1 Å². The Hall–Kier alpha value is 1.50. The molecule has 7 heavy (non-hydrogen) atoms. The van der Waals surface area contributed by atoms with Crippen molar-refractivity contribution in [2.45, 2.75) is 0 Å². The van der Waals surface area contributed by atoms with Gasteiger partial charge in [-0.25, -0.2) is 0 Å². The van der Waals surface area contributed by atoms with Gasteiger partial charge in [0, 0.05) is 51.8 Å². The third-order valence-electron chi connectivity index (χ3n) is 0.383. The molecule has 2 radical (unpaired) electrons. The molecule has 4 heteroatoms. The van der Waals surface area contributed by atoms with E-state index in [-0.39, 0.29) is 37.7 Å². The van der Waals surface area contributed by atoms with Gasteiger partial charge in [0.15, 0.2) is 0 Å². The molecule has 0 fully saturated rings. The Morgan fingerprint density at radius 2 is 1.71 bits per heavy atom. The maximum absolute atomic E-state index is 4.61. The first-order valence-corrected chi connectivity index (χ1v) is 2.40. The van der Waals surface area contributed by atoms with Crippen molar-refractivity contribution < 1.29 is 0 Å². The number of rotatable bonds is 0. The van der Waals surface area contributed by atoms with Crippen molar-refractivity contribution in [1.29, 1.82) is 0 Å². The van der Waals surface area contributed by atoms with Crippen LogP contribution in [-0.2, 0) is 0 Å². The Morgan fingerprint density at radius 1 is 1.57 bits per heavy atom. The van der Waals surface area contributed by atoms with Crippen molar-refractivity contribution in [3.63, 3.8) is 0 Å². The maximum Gasteiger partial charge on any atom is 0.132 e. The average Bonchev–Trinajstić information content (AvgIpc) is 1.36. The first-order chi connectivity index (χ1) is 2.64. The molecule has 0 saturated heterocycles. The Bertz CT molecular complexity index is 64.0. The van der Waals surface area contributed by atoms with Crippen LogP contribution in [0.3, 0.4) is 0 Å². The van der Waals surface area contributed by atoms with Crippen molar-refractivity contribution in [3.05, 3.63) is 0 Å². The third-order valence-corrected chi connectivity index (χ3v) is 1.15. The number of thiol groups is 1. The number of hydrogen-bond donors (Lipinski definition) is 1. The summed E-state index contributed by atoms with van der Waals surface area (Å²) in [6.45, 7) is 0. The Kier molecular flexibility index (Phi) is 9.11. The summed E-state index contributed by atoms with van der Waals surface area (Å²) < 4.78 is 0.620. The Labute approximate surface area is 84.9 Å². The van der Waals surface area contributed by atoms with Crippen LogP contribution < -0.4 is 0 Å². The molecule has 0 rings (SSSR count). The second-order valence-corrected chi connectivity index (χ2v) is 2.29. The van der Waals surface area contributed by atoms with E-state index in [4.69, 9.17) is 0 Å². The zero-order valence-corrected chi connectivity index (χ0v) is 8.43. The van der Waals surface area contributed by atoms with Crippen molar-refractivity contribution in [1.82, 2.24) is 4.90 Å². The van der Waals surface area contributed by atoms with Crippen LogP contribution in [0, 0.1) is 0 Å². The van der Waals surface area contributed by atoms with Gasteiger partial charge >= 0.3 is 0 Å². The standard InChI is InChI=1S/C3H7NS2.Ca/c1-4(2)3(5)6;/h1-2H3,(H,5,6);. The third kappa shape index (κ3) is 7.50. The van der Waals surface area contributed by atoms with E-state index in [2.05, 4.69) is 24.8 Å². The predicted molar refractivity (Wildman–Crippen MR) is 41.0 cm³/mol. The summed E-state index contributed by atoms with van der Waals surface area (Å²) in [4.78, 5) is 1.76. The molecular weight excluding hydrogens is 154 g/mol. The van der Waals surface area contributed by atoms with E-state index >= 15 is 0 Å². The molecule has 0 spiro atoms. The molecule has 0 aromatic rings. The summed E-state index contributed by atoms with van der Waals surface area (Å²) in [5.41, 5.74) is 0. The van der Waals surface area contributed by atoms with E-state index in [1.54, 1.807) is 4.90 Å². The van der Waals surface area contributed by atoms with Gasteiger partial charge in [-0.1, -0.05) is 12.2 Å². The predicted octanol–water partition coefficient (Wildman–Crippen LogP) is 0.382. The molecule has 0 bridgehead atoms. The van der Waals surface area contributed by atoms with E-state index in [1.165, 1.54) is 0 Å². The molecule has 0 unspecified atom stereocenters. The zero-order chi connectivity index (χ0) is 5.15. The number of nitrogens with zero attached hydrogens (tertiary/aromatic N) is 1.